The van der Waals surface area contributed by atoms with Gasteiger partial charge in [0, 0.05) is 39.0 Å². The molecule has 0 saturated carbocycles. The Balaban J connectivity index is 0.00000507. The van der Waals surface area contributed by atoms with Gasteiger partial charge in [0.1, 0.15) is 11.6 Å². The minimum atomic E-state index is -4.48. The highest BCUT2D eigenvalue weighted by Gasteiger charge is 2.32. The molecular weight excluding hydrogens is 550 g/mol. The van der Waals surface area contributed by atoms with E-state index in [2.05, 4.69) is 20.5 Å². The third-order valence-corrected chi connectivity index (χ3v) is 6.80. The van der Waals surface area contributed by atoms with Gasteiger partial charge in [-0.25, -0.2) is 4.98 Å². The van der Waals surface area contributed by atoms with Gasteiger partial charge in [0.05, 0.1) is 46.1 Å². The maximum Gasteiger partial charge on any atom is 0.417 e. The van der Waals surface area contributed by atoms with Crippen molar-refractivity contribution in [2.45, 2.75) is 37.6 Å². The van der Waals surface area contributed by atoms with E-state index in [0.717, 1.165) is 38.2 Å². The van der Waals surface area contributed by atoms with Crippen LogP contribution in [0.3, 0.4) is 0 Å². The molecule has 2 aromatic rings. The predicted octanol–water partition coefficient (Wildman–Crippen LogP) is 3.88. The number of amides is 1. The minimum absolute atomic E-state index is 0. The van der Waals surface area contributed by atoms with E-state index < -0.39 is 11.7 Å². The number of unbranched alkanes of at least 4 members (excludes halogenated alkanes) is 1. The number of alkyl halides is 3. The maximum atomic E-state index is 12.9. The summed E-state index contributed by atoms with van der Waals surface area (Å²) in [4.78, 5) is 18.9. The number of anilines is 2. The number of carbonyl (C=O) groups excluding carboxylic acids is 1. The molecule has 1 amide bonds. The van der Waals surface area contributed by atoms with E-state index in [9.17, 15) is 18.0 Å². The average Bonchev–Trinajstić information content (AvgIpc) is 2.86. The molecule has 2 heterocycles. The Morgan fingerprint density at radius 3 is 2.58 bits per heavy atom. The van der Waals surface area contributed by atoms with Crippen molar-refractivity contribution < 1.29 is 32.9 Å². The first-order valence-corrected chi connectivity index (χ1v) is 12.4. The zero-order valence-electron chi connectivity index (χ0n) is 21.0. The van der Waals surface area contributed by atoms with Crippen molar-refractivity contribution in [2.24, 2.45) is 0 Å². The molecule has 0 radical (unpaired) electrons. The zero-order chi connectivity index (χ0) is 27.2. The van der Waals surface area contributed by atoms with E-state index in [0.29, 0.717) is 36.5 Å². The highest BCUT2D eigenvalue weighted by Crippen LogP contribution is 2.32. The van der Waals surface area contributed by atoms with E-state index >= 15 is 0 Å². The monoisotopic (exact) mass is 581 g/mol. The van der Waals surface area contributed by atoms with E-state index in [1.807, 2.05) is 0 Å². The molecule has 0 unspecified atom stereocenters. The topological polar surface area (TPSA) is 133 Å². The highest BCUT2D eigenvalue weighted by atomic mass is 35.5. The molecule has 9 nitrogen and oxygen atoms in total. The van der Waals surface area contributed by atoms with Gasteiger partial charge in [-0.1, -0.05) is 23.2 Å². The molecule has 1 aromatic carbocycles. The molecule has 0 aliphatic carbocycles. The molecule has 0 spiro atoms. The summed E-state index contributed by atoms with van der Waals surface area (Å²) in [5.41, 5.74) is 5.55. The molecule has 1 aliphatic heterocycles. The first-order valence-electron chi connectivity index (χ1n) is 11.7. The van der Waals surface area contributed by atoms with Crippen molar-refractivity contribution >= 4 is 40.6 Å². The lowest BCUT2D eigenvalue weighted by molar-refractivity contribution is -0.137. The minimum Gasteiger partial charge on any atom is -0.496 e. The molecule has 1 fully saturated rings. The van der Waals surface area contributed by atoms with Crippen molar-refractivity contribution in [3.8, 4) is 5.75 Å². The van der Waals surface area contributed by atoms with E-state index in [4.69, 9.17) is 38.4 Å². The fourth-order valence-corrected chi connectivity index (χ4v) is 4.54. The average molecular weight is 582 g/mol. The second kappa shape index (κ2) is 14.0. The van der Waals surface area contributed by atoms with Crippen LogP contribution in [0.4, 0.5) is 24.7 Å². The summed E-state index contributed by atoms with van der Waals surface area (Å²) in [7, 11) is 3.07. The fraction of sp³-hybridized carbons (Fsp3) is 0.500. The van der Waals surface area contributed by atoms with Gasteiger partial charge in [-0.15, -0.1) is 0 Å². The number of nitrogen functional groups attached to an aromatic ring is 1. The summed E-state index contributed by atoms with van der Waals surface area (Å²) in [6.45, 7) is 2.73. The van der Waals surface area contributed by atoms with Crippen LogP contribution in [0, 0.1) is 0 Å². The molecule has 0 bridgehead atoms. The quantitative estimate of drug-likeness (QED) is 0.286. The number of nitrogens with one attached hydrogen (secondary N) is 2. The van der Waals surface area contributed by atoms with Crippen LogP contribution in [0.25, 0.3) is 0 Å². The third kappa shape index (κ3) is 8.24. The Hall–Kier alpha value is -2.51. The number of rotatable bonds is 10. The normalized spacial score (nSPS) is 18.0. The first kappa shape index (κ1) is 31.7. The molecule has 1 aliphatic rings. The number of methoxy groups -OCH3 is 2. The highest BCUT2D eigenvalue weighted by molar-refractivity contribution is 6.33. The van der Waals surface area contributed by atoms with Crippen LogP contribution in [0.5, 0.6) is 5.75 Å². The summed E-state index contributed by atoms with van der Waals surface area (Å²) in [5, 5.41) is 6.21. The van der Waals surface area contributed by atoms with E-state index in [-0.39, 0.29) is 39.4 Å². The van der Waals surface area contributed by atoms with Gasteiger partial charge in [0.25, 0.3) is 5.91 Å². The lowest BCUT2D eigenvalue weighted by atomic mass is 10.0. The smallest absolute Gasteiger partial charge is 0.417 e. The number of pyridine rings is 1. The van der Waals surface area contributed by atoms with Crippen molar-refractivity contribution in [1.82, 2.24) is 15.2 Å². The Morgan fingerprint density at radius 2 is 1.95 bits per heavy atom. The van der Waals surface area contributed by atoms with Crippen molar-refractivity contribution in [2.75, 3.05) is 51.4 Å². The van der Waals surface area contributed by atoms with E-state index in [1.54, 1.807) is 7.11 Å². The number of nitrogens with zero attached hydrogens (tertiary/aromatic N) is 2. The molecule has 2 atom stereocenters. The Bertz CT molecular complexity index is 1090. The molecule has 1 aromatic heterocycles. The molecule has 1 saturated heterocycles. The van der Waals surface area contributed by atoms with Gasteiger partial charge in [-0.05, 0) is 37.9 Å². The molecule has 212 valence electrons. The van der Waals surface area contributed by atoms with Gasteiger partial charge >= 0.3 is 6.18 Å². The number of aromatic nitrogens is 1. The summed E-state index contributed by atoms with van der Waals surface area (Å²) in [6, 6.07) is 3.68. The number of hydrogen-bond donors (Lipinski definition) is 3. The summed E-state index contributed by atoms with van der Waals surface area (Å²) in [5.74, 6) is 0.248. The number of ether oxygens (including phenoxy) is 2. The molecule has 3 rings (SSSR count). The van der Waals surface area contributed by atoms with Crippen LogP contribution in [-0.2, 0) is 10.9 Å². The first-order chi connectivity index (χ1) is 17.5. The van der Waals surface area contributed by atoms with Crippen LogP contribution in [0.15, 0.2) is 24.4 Å². The Morgan fingerprint density at radius 1 is 1.21 bits per heavy atom. The van der Waals surface area contributed by atoms with Crippen molar-refractivity contribution in [3.05, 3.63) is 45.6 Å². The van der Waals surface area contributed by atoms with Gasteiger partial charge in [0.2, 0.25) is 0 Å². The number of carbonyl (C=O) groups is 1. The maximum absolute atomic E-state index is 12.9. The zero-order valence-corrected chi connectivity index (χ0v) is 22.5. The van der Waals surface area contributed by atoms with Crippen molar-refractivity contribution in [1.29, 1.82) is 0 Å². The molecule has 14 heteroatoms. The van der Waals surface area contributed by atoms with Gasteiger partial charge in [-0.3, -0.25) is 4.79 Å². The Kier molecular flexibility index (Phi) is 11.7. The lowest BCUT2D eigenvalue weighted by Crippen LogP contribution is -2.54. The van der Waals surface area contributed by atoms with Gasteiger partial charge < -0.3 is 36.2 Å². The number of piperidine rings is 1. The summed E-state index contributed by atoms with van der Waals surface area (Å²) < 4.78 is 49.1. The third-order valence-electron chi connectivity index (χ3n) is 6.19. The number of nitrogens with two attached hydrogens (primary N) is 1. The van der Waals surface area contributed by atoms with Crippen LogP contribution in [-0.4, -0.2) is 73.8 Å². The van der Waals surface area contributed by atoms with Gasteiger partial charge in [0.15, 0.2) is 0 Å². The molecular formula is C24H32Cl2F3N5O4. The fourth-order valence-electron chi connectivity index (χ4n) is 4.14. The molecule has 6 N–H and O–H groups in total. The summed E-state index contributed by atoms with van der Waals surface area (Å²) in [6.07, 6.45) is -1.62. The lowest BCUT2D eigenvalue weighted by Gasteiger charge is -2.38. The second-order valence-corrected chi connectivity index (χ2v) is 9.52. The van der Waals surface area contributed by atoms with Gasteiger partial charge in [-0.2, -0.15) is 13.2 Å². The second-order valence-electron chi connectivity index (χ2n) is 8.70. The number of halogens is 5. The van der Waals surface area contributed by atoms with Crippen LogP contribution < -0.4 is 21.1 Å². The number of hydrogen-bond acceptors (Lipinski definition) is 7. The standard InChI is InChI=1S/C24H30Cl2F3N5O3.H2O/c1-36-20-11-18(30)16(25)10-15(20)23(35)33-19-5-8-34(13-21(19)37-2)7-4-3-6-31-22-17(26)9-14(12-32-22)24(27,28)29;/h9-12,19,21H,3-8,13,30H2,1-2H3,(H,31,32)(H,33,35);1H2/t19-,21+;/m0./s1. The van der Waals surface area contributed by atoms with Crippen LogP contribution in [0.1, 0.15) is 35.2 Å². The summed E-state index contributed by atoms with van der Waals surface area (Å²) >= 11 is 12.0. The van der Waals surface area contributed by atoms with E-state index in [1.165, 1.54) is 19.2 Å². The largest absolute Gasteiger partial charge is 0.496 e. The SMILES string of the molecule is COc1cc(N)c(Cl)cc1C(=O)N[C@H]1CCN(CCCCNc2ncc(C(F)(F)F)cc2Cl)C[C@H]1OC.O. The predicted molar refractivity (Wildman–Crippen MR) is 141 cm³/mol. The Labute approximate surface area is 229 Å². The molecule has 38 heavy (non-hydrogen) atoms. The van der Waals surface area contributed by atoms with Crippen LogP contribution >= 0.6 is 23.2 Å². The number of benzene rings is 1. The van der Waals surface area contributed by atoms with Crippen molar-refractivity contribution in [3.63, 3.8) is 0 Å². The number of likely N-dealkylation sites (tertiary alicyclic amines) is 1. The van der Waals surface area contributed by atoms with Crippen LogP contribution in [0.2, 0.25) is 10.0 Å².